The number of carbonyl (C=O) groups excluding carboxylic acids is 2. The van der Waals surface area contributed by atoms with Crippen LogP contribution < -0.4 is 25.8 Å². The van der Waals surface area contributed by atoms with Gasteiger partial charge < -0.3 is 30.9 Å². The van der Waals surface area contributed by atoms with Gasteiger partial charge in [0, 0.05) is 46.6 Å². The quantitative estimate of drug-likeness (QED) is 0.190. The Balaban J connectivity index is 1.67. The summed E-state index contributed by atoms with van der Waals surface area (Å²) < 4.78 is 11.9. The van der Waals surface area contributed by atoms with Crippen molar-refractivity contribution >= 4 is 34.8 Å². The number of nitrogens with one attached hydrogen (secondary N) is 2. The van der Waals surface area contributed by atoms with Crippen LogP contribution in [0.1, 0.15) is 62.7 Å². The number of hydrogen-bond acceptors (Lipinski definition) is 8. The lowest BCUT2D eigenvalue weighted by Gasteiger charge is -2.18. The number of hydrogen-bond donors (Lipinski definition) is 4. The van der Waals surface area contributed by atoms with E-state index in [1.54, 1.807) is 41.7 Å². The van der Waals surface area contributed by atoms with Crippen molar-refractivity contribution in [3.8, 4) is 33.1 Å². The summed E-state index contributed by atoms with van der Waals surface area (Å²) in [6, 6.07) is 13.7. The van der Waals surface area contributed by atoms with E-state index in [2.05, 4.69) is 15.6 Å². The molecule has 0 aliphatic carbocycles. The maximum absolute atomic E-state index is 14.1. The Morgan fingerprint density at radius 1 is 1.05 bits per heavy atom. The van der Waals surface area contributed by atoms with Crippen LogP contribution in [-0.4, -0.2) is 47.6 Å². The zero-order valence-electron chi connectivity index (χ0n) is 23.9. The van der Waals surface area contributed by atoms with Crippen molar-refractivity contribution in [2.45, 2.75) is 33.2 Å². The van der Waals surface area contributed by atoms with Gasteiger partial charge in [-0.1, -0.05) is 13.0 Å². The summed E-state index contributed by atoms with van der Waals surface area (Å²) in [6.45, 7) is 5.30. The number of pyridine rings is 1. The Morgan fingerprint density at radius 2 is 1.88 bits per heavy atom. The molecule has 4 aromatic rings. The van der Waals surface area contributed by atoms with Crippen molar-refractivity contribution in [2.75, 3.05) is 25.1 Å². The number of carboxylic acids is 1. The van der Waals surface area contributed by atoms with Gasteiger partial charge in [0.15, 0.2) is 5.69 Å². The molecule has 0 spiro atoms. The van der Waals surface area contributed by atoms with Gasteiger partial charge in [0.25, 0.3) is 11.8 Å². The summed E-state index contributed by atoms with van der Waals surface area (Å²) in [5.41, 5.74) is 9.24. The van der Waals surface area contributed by atoms with Crippen LogP contribution in [0.2, 0.25) is 0 Å². The fourth-order valence-corrected chi connectivity index (χ4v) is 5.86. The lowest BCUT2D eigenvalue weighted by molar-refractivity contribution is 0.0691. The molecule has 11 heteroatoms. The summed E-state index contributed by atoms with van der Waals surface area (Å²) >= 11 is 1.55. The van der Waals surface area contributed by atoms with Crippen LogP contribution in [0.4, 0.5) is 5.69 Å². The first-order valence-electron chi connectivity index (χ1n) is 14.0. The Kier molecular flexibility index (Phi) is 9.03. The predicted octanol–water partition coefficient (Wildman–Crippen LogP) is 5.36. The largest absolute Gasteiger partial charge is 0.493 e. The molecular weight excluding hydrogens is 568 g/mol. The van der Waals surface area contributed by atoms with Gasteiger partial charge in [-0.2, -0.15) is 0 Å². The minimum Gasteiger partial charge on any atom is -0.493 e. The summed E-state index contributed by atoms with van der Waals surface area (Å²) in [7, 11) is 0. The first-order chi connectivity index (χ1) is 20.8. The number of carboxylic acid groups (broad SMARTS) is 1. The van der Waals surface area contributed by atoms with E-state index in [-0.39, 0.29) is 22.5 Å². The number of benzene rings is 2. The van der Waals surface area contributed by atoms with Crippen LogP contribution in [0.25, 0.3) is 21.6 Å². The number of carbonyl (C=O) groups is 3. The lowest BCUT2D eigenvalue weighted by Crippen LogP contribution is -2.25. The highest BCUT2D eigenvalue weighted by molar-refractivity contribution is 7.13. The van der Waals surface area contributed by atoms with Gasteiger partial charge in [-0.3, -0.25) is 9.59 Å². The molecule has 10 nitrogen and oxygen atoms in total. The highest BCUT2D eigenvalue weighted by Crippen LogP contribution is 2.43. The summed E-state index contributed by atoms with van der Waals surface area (Å²) in [4.78, 5) is 44.3. The monoisotopic (exact) mass is 600 g/mol. The van der Waals surface area contributed by atoms with E-state index < -0.39 is 17.8 Å². The third-order valence-corrected chi connectivity index (χ3v) is 7.96. The number of nitrogens with two attached hydrogens (primary N) is 1. The third-order valence-electron chi connectivity index (χ3n) is 6.97. The van der Waals surface area contributed by atoms with E-state index >= 15 is 0 Å². The van der Waals surface area contributed by atoms with E-state index in [1.807, 2.05) is 25.3 Å². The molecule has 5 N–H and O–H groups in total. The Labute approximate surface area is 252 Å². The fraction of sp³-hybridized carbons (Fsp3) is 0.250. The average molecular weight is 601 g/mol. The Hall–Kier alpha value is -4.74. The molecule has 2 aromatic heterocycles. The molecule has 43 heavy (non-hydrogen) atoms. The zero-order chi connectivity index (χ0) is 30.5. The molecule has 0 saturated carbocycles. The van der Waals surface area contributed by atoms with Crippen LogP contribution >= 0.6 is 11.3 Å². The van der Waals surface area contributed by atoms with Crippen LogP contribution in [0.3, 0.4) is 0 Å². The second-order valence-corrected chi connectivity index (χ2v) is 10.8. The summed E-state index contributed by atoms with van der Waals surface area (Å²) in [6.07, 6.45) is 1.41. The normalized spacial score (nSPS) is 11.9. The smallest absolute Gasteiger partial charge is 0.355 e. The fourth-order valence-electron chi connectivity index (χ4n) is 4.88. The van der Waals surface area contributed by atoms with E-state index in [1.165, 1.54) is 12.1 Å². The van der Waals surface area contributed by atoms with Crippen LogP contribution in [0.15, 0.2) is 53.9 Å². The van der Waals surface area contributed by atoms with Gasteiger partial charge in [0.05, 0.1) is 18.9 Å². The number of aromatic nitrogens is 1. The molecule has 0 radical (unpaired) electrons. The SMILES string of the molecule is CCCNC(=O)c1ccc(-c2cc3c(cc2C(=O)Nc2ccc(CN)cc2OCC)-c2sccc2CCO3)c(C(=O)O)n1. The maximum atomic E-state index is 14.1. The van der Waals surface area contributed by atoms with Gasteiger partial charge in [0.1, 0.15) is 17.2 Å². The van der Waals surface area contributed by atoms with Crippen LogP contribution in [-0.2, 0) is 13.0 Å². The second-order valence-electron chi connectivity index (χ2n) is 9.84. The highest BCUT2D eigenvalue weighted by Gasteiger charge is 2.27. The molecule has 1 aliphatic heterocycles. The molecule has 3 heterocycles. The van der Waals surface area contributed by atoms with Gasteiger partial charge in [0.2, 0.25) is 0 Å². The molecule has 2 amide bonds. The van der Waals surface area contributed by atoms with Crippen molar-refractivity contribution in [3.63, 3.8) is 0 Å². The molecule has 0 fully saturated rings. The number of nitrogens with zero attached hydrogens (tertiary/aromatic N) is 1. The number of thiophene rings is 1. The average Bonchev–Trinajstić information content (AvgIpc) is 3.41. The third kappa shape index (κ3) is 6.23. The summed E-state index contributed by atoms with van der Waals surface area (Å²) in [5, 5.41) is 17.8. The van der Waals surface area contributed by atoms with Crippen molar-refractivity contribution in [1.82, 2.24) is 10.3 Å². The minimum atomic E-state index is -1.33. The molecule has 0 atom stereocenters. The van der Waals surface area contributed by atoms with Gasteiger partial charge >= 0.3 is 5.97 Å². The standard InChI is InChI=1S/C32H32N4O6S/c1-3-11-34-31(38)25-8-6-20(28(35-25)32(39)40)21-16-26-23(29-19(9-12-42-26)10-13-43-29)15-22(21)30(37)36-24-7-5-18(17-33)14-27(24)41-4-2/h5-8,10,13-16H,3-4,9,11-12,17,33H2,1-2H3,(H,34,38)(H,36,37)(H,39,40). The number of fused-ring (bicyclic) bond motifs is 3. The van der Waals surface area contributed by atoms with Crippen molar-refractivity contribution in [2.24, 2.45) is 5.73 Å². The number of ether oxygens (including phenoxy) is 2. The molecule has 5 rings (SSSR count). The van der Waals surface area contributed by atoms with Gasteiger partial charge in [-0.05, 0) is 72.3 Å². The highest BCUT2D eigenvalue weighted by atomic mass is 32.1. The van der Waals surface area contributed by atoms with Gasteiger partial charge in [-0.15, -0.1) is 11.3 Å². The lowest BCUT2D eigenvalue weighted by atomic mass is 9.93. The Bertz CT molecular complexity index is 1700. The number of amides is 2. The number of anilines is 1. The summed E-state index contributed by atoms with van der Waals surface area (Å²) in [5.74, 6) is -1.30. The van der Waals surface area contributed by atoms with Gasteiger partial charge in [-0.25, -0.2) is 9.78 Å². The zero-order valence-corrected chi connectivity index (χ0v) is 24.7. The van der Waals surface area contributed by atoms with Crippen molar-refractivity contribution < 1.29 is 29.0 Å². The van der Waals surface area contributed by atoms with Crippen molar-refractivity contribution in [3.05, 3.63) is 82.0 Å². The molecule has 0 bridgehead atoms. The first kappa shape index (κ1) is 29.7. The topological polar surface area (TPSA) is 153 Å². The van der Waals surface area contributed by atoms with Crippen molar-refractivity contribution in [1.29, 1.82) is 0 Å². The Morgan fingerprint density at radius 3 is 2.63 bits per heavy atom. The number of rotatable bonds is 10. The van der Waals surface area contributed by atoms with E-state index in [9.17, 15) is 19.5 Å². The van der Waals surface area contributed by atoms with Crippen LogP contribution in [0.5, 0.6) is 11.5 Å². The molecule has 2 aromatic carbocycles. The van der Waals surface area contributed by atoms with E-state index in [0.29, 0.717) is 55.5 Å². The molecule has 0 unspecified atom stereocenters. The van der Waals surface area contributed by atoms with E-state index in [4.69, 9.17) is 15.2 Å². The van der Waals surface area contributed by atoms with Crippen LogP contribution in [0, 0.1) is 0 Å². The molecule has 222 valence electrons. The van der Waals surface area contributed by atoms with E-state index in [0.717, 1.165) is 28.0 Å². The second kappa shape index (κ2) is 13.1. The molecule has 0 saturated heterocycles. The maximum Gasteiger partial charge on any atom is 0.355 e. The minimum absolute atomic E-state index is 0.0313. The molecular formula is C32H32N4O6S. The first-order valence-corrected chi connectivity index (χ1v) is 14.9. The molecule has 1 aliphatic rings. The number of aromatic carboxylic acids is 1. The predicted molar refractivity (Wildman–Crippen MR) is 165 cm³/mol.